The lowest BCUT2D eigenvalue weighted by Crippen LogP contribution is -2.34. The van der Waals surface area contributed by atoms with Crippen LogP contribution in [0.2, 0.25) is 0 Å². The van der Waals surface area contributed by atoms with Crippen molar-refractivity contribution in [2.24, 2.45) is 0 Å². The summed E-state index contributed by atoms with van der Waals surface area (Å²) in [6, 6.07) is 1.61. The molecular formula is C16H25N3O2. The fourth-order valence-corrected chi connectivity index (χ4v) is 3.65. The van der Waals surface area contributed by atoms with Crippen LogP contribution in [0.5, 0.6) is 0 Å². The van der Waals surface area contributed by atoms with Gasteiger partial charge in [-0.25, -0.2) is 4.68 Å². The summed E-state index contributed by atoms with van der Waals surface area (Å²) < 4.78 is 7.85. The maximum atomic E-state index is 12.1. The fraction of sp³-hybridized carbons (Fsp3) is 0.750. The molecule has 2 fully saturated rings. The highest BCUT2D eigenvalue weighted by Gasteiger charge is 2.40. The Labute approximate surface area is 125 Å². The van der Waals surface area contributed by atoms with E-state index in [0.717, 1.165) is 25.1 Å². The zero-order valence-corrected chi connectivity index (χ0v) is 12.8. The van der Waals surface area contributed by atoms with Crippen LogP contribution in [0.3, 0.4) is 0 Å². The molecule has 1 aromatic rings. The summed E-state index contributed by atoms with van der Waals surface area (Å²) in [5.74, 6) is 0. The fourth-order valence-electron chi connectivity index (χ4n) is 3.65. The van der Waals surface area contributed by atoms with E-state index in [1.54, 1.807) is 12.3 Å². The number of ether oxygens (including phenoxy) is 1. The first kappa shape index (κ1) is 14.6. The Balaban J connectivity index is 1.63. The molecule has 0 bridgehead atoms. The number of nitrogens with one attached hydrogen (secondary N) is 1. The van der Waals surface area contributed by atoms with E-state index in [1.165, 1.54) is 36.8 Å². The van der Waals surface area contributed by atoms with Crippen molar-refractivity contribution in [2.75, 3.05) is 11.9 Å². The molecule has 21 heavy (non-hydrogen) atoms. The third-order valence-corrected chi connectivity index (χ3v) is 4.73. The monoisotopic (exact) mass is 291 g/mol. The van der Waals surface area contributed by atoms with Gasteiger partial charge in [-0.1, -0.05) is 19.3 Å². The normalized spacial score (nSPS) is 24.3. The lowest BCUT2D eigenvalue weighted by atomic mass is 9.83. The number of hydrogen-bond acceptors (Lipinski definition) is 4. The lowest BCUT2D eigenvalue weighted by Gasteiger charge is -2.33. The lowest BCUT2D eigenvalue weighted by molar-refractivity contribution is -0.0692. The molecule has 0 amide bonds. The molecule has 5 heteroatoms. The minimum absolute atomic E-state index is 0.0540. The number of anilines is 1. The second-order valence-corrected chi connectivity index (χ2v) is 6.32. The van der Waals surface area contributed by atoms with E-state index in [1.807, 2.05) is 6.92 Å². The predicted molar refractivity (Wildman–Crippen MR) is 82.6 cm³/mol. The van der Waals surface area contributed by atoms with Crippen molar-refractivity contribution in [1.82, 2.24) is 9.78 Å². The van der Waals surface area contributed by atoms with Crippen molar-refractivity contribution in [2.45, 2.75) is 70.1 Å². The summed E-state index contributed by atoms with van der Waals surface area (Å²) in [5, 5.41) is 7.36. The minimum atomic E-state index is -0.0540. The van der Waals surface area contributed by atoms with E-state index < -0.39 is 0 Å². The molecule has 2 heterocycles. The molecule has 0 aromatic carbocycles. The molecular weight excluding hydrogens is 266 g/mol. The van der Waals surface area contributed by atoms with Gasteiger partial charge in [-0.2, -0.15) is 5.10 Å². The van der Waals surface area contributed by atoms with Gasteiger partial charge in [0.1, 0.15) is 0 Å². The van der Waals surface area contributed by atoms with Gasteiger partial charge >= 0.3 is 0 Å². The predicted octanol–water partition coefficient (Wildman–Crippen LogP) is 2.56. The van der Waals surface area contributed by atoms with Crippen molar-refractivity contribution >= 4 is 5.69 Å². The summed E-state index contributed by atoms with van der Waals surface area (Å²) >= 11 is 0. The zero-order valence-electron chi connectivity index (χ0n) is 12.8. The first-order chi connectivity index (χ1) is 10.2. The zero-order chi connectivity index (χ0) is 14.7. The molecule has 1 N–H and O–H groups in total. The van der Waals surface area contributed by atoms with E-state index >= 15 is 0 Å². The van der Waals surface area contributed by atoms with Gasteiger partial charge in [-0.3, -0.25) is 4.79 Å². The summed E-state index contributed by atoms with van der Waals surface area (Å²) in [6.07, 6.45) is 10.3. The van der Waals surface area contributed by atoms with Gasteiger partial charge in [-0.05, 0) is 32.6 Å². The van der Waals surface area contributed by atoms with Crippen molar-refractivity contribution < 1.29 is 4.74 Å². The molecule has 1 spiro atoms. The maximum Gasteiger partial charge on any atom is 0.268 e. The summed E-state index contributed by atoms with van der Waals surface area (Å²) in [4.78, 5) is 12.1. The van der Waals surface area contributed by atoms with Gasteiger partial charge in [0.05, 0.1) is 30.1 Å². The van der Waals surface area contributed by atoms with Crippen molar-refractivity contribution in [1.29, 1.82) is 0 Å². The summed E-state index contributed by atoms with van der Waals surface area (Å²) in [5.41, 5.74) is 0.840. The number of rotatable bonds is 4. The van der Waals surface area contributed by atoms with Gasteiger partial charge < -0.3 is 10.1 Å². The largest absolute Gasteiger partial charge is 0.384 e. The molecule has 116 valence electrons. The van der Waals surface area contributed by atoms with Gasteiger partial charge in [0, 0.05) is 12.6 Å². The van der Waals surface area contributed by atoms with Crippen LogP contribution >= 0.6 is 0 Å². The number of nitrogens with zero attached hydrogens (tertiary/aromatic N) is 2. The highest BCUT2D eigenvalue weighted by atomic mass is 16.5. The van der Waals surface area contributed by atoms with Gasteiger partial charge in [0.15, 0.2) is 0 Å². The smallest absolute Gasteiger partial charge is 0.268 e. The Morgan fingerprint density at radius 1 is 1.38 bits per heavy atom. The molecule has 1 unspecified atom stereocenters. The maximum absolute atomic E-state index is 12.1. The van der Waals surface area contributed by atoms with E-state index in [9.17, 15) is 4.79 Å². The molecule has 3 rings (SSSR count). The van der Waals surface area contributed by atoms with Crippen LogP contribution in [0, 0.1) is 0 Å². The Kier molecular flexibility index (Phi) is 4.29. The second kappa shape index (κ2) is 6.18. The average Bonchev–Trinajstić information content (AvgIpc) is 2.86. The van der Waals surface area contributed by atoms with Gasteiger partial charge in [0.25, 0.3) is 5.56 Å². The highest BCUT2D eigenvalue weighted by Crippen LogP contribution is 2.42. The van der Waals surface area contributed by atoms with E-state index in [-0.39, 0.29) is 17.3 Å². The summed E-state index contributed by atoms with van der Waals surface area (Å²) in [6.45, 7) is 3.37. The SMILES string of the molecule is CCNc1cnn(CC2CCC3(CCCCC3)O2)c(=O)c1. The van der Waals surface area contributed by atoms with Crippen LogP contribution in [-0.2, 0) is 11.3 Å². The Morgan fingerprint density at radius 2 is 2.19 bits per heavy atom. The van der Waals surface area contributed by atoms with Crippen molar-refractivity contribution in [3.8, 4) is 0 Å². The minimum Gasteiger partial charge on any atom is -0.384 e. The third kappa shape index (κ3) is 3.28. The summed E-state index contributed by atoms with van der Waals surface area (Å²) in [7, 11) is 0. The first-order valence-electron chi connectivity index (χ1n) is 8.20. The van der Waals surface area contributed by atoms with Crippen LogP contribution in [0.25, 0.3) is 0 Å². The van der Waals surface area contributed by atoms with Crippen LogP contribution in [0.4, 0.5) is 5.69 Å². The third-order valence-electron chi connectivity index (χ3n) is 4.73. The first-order valence-corrected chi connectivity index (χ1v) is 8.20. The van der Waals surface area contributed by atoms with Gasteiger partial charge in [0.2, 0.25) is 0 Å². The molecule has 1 atom stereocenters. The van der Waals surface area contributed by atoms with Crippen LogP contribution in [0.15, 0.2) is 17.1 Å². The quantitative estimate of drug-likeness (QED) is 0.926. The molecule has 5 nitrogen and oxygen atoms in total. The molecule has 1 saturated heterocycles. The molecule has 1 aliphatic carbocycles. The van der Waals surface area contributed by atoms with E-state index in [0.29, 0.717) is 6.54 Å². The van der Waals surface area contributed by atoms with Crippen molar-refractivity contribution in [3.05, 3.63) is 22.6 Å². The van der Waals surface area contributed by atoms with Crippen LogP contribution in [-0.4, -0.2) is 28.0 Å². The van der Waals surface area contributed by atoms with Crippen LogP contribution < -0.4 is 10.9 Å². The highest BCUT2D eigenvalue weighted by molar-refractivity contribution is 5.38. The molecule has 2 aliphatic rings. The average molecular weight is 291 g/mol. The molecule has 1 aromatic heterocycles. The van der Waals surface area contributed by atoms with Gasteiger partial charge in [-0.15, -0.1) is 0 Å². The Hall–Kier alpha value is -1.36. The molecule has 1 aliphatic heterocycles. The topological polar surface area (TPSA) is 56.1 Å². The van der Waals surface area contributed by atoms with Crippen LogP contribution in [0.1, 0.15) is 51.9 Å². The van der Waals surface area contributed by atoms with Crippen molar-refractivity contribution in [3.63, 3.8) is 0 Å². The number of hydrogen-bond donors (Lipinski definition) is 1. The molecule has 0 radical (unpaired) electrons. The Morgan fingerprint density at radius 3 is 2.90 bits per heavy atom. The molecule has 1 saturated carbocycles. The standard InChI is InChI=1S/C16H25N3O2/c1-2-17-13-10-15(20)19(18-11-13)12-14-6-9-16(21-14)7-4-3-5-8-16/h10-11,14,17H,2-9,12H2,1H3. The second-order valence-electron chi connectivity index (χ2n) is 6.32. The van der Waals surface area contributed by atoms with E-state index in [4.69, 9.17) is 4.74 Å². The number of aromatic nitrogens is 2. The Bertz CT molecular complexity index is 535. The van der Waals surface area contributed by atoms with E-state index in [2.05, 4.69) is 10.4 Å².